The van der Waals surface area contributed by atoms with Crippen LogP contribution in [0.15, 0.2) is 53.7 Å². The van der Waals surface area contributed by atoms with Gasteiger partial charge in [0.05, 0.1) is 17.5 Å². The second-order valence-corrected chi connectivity index (χ2v) is 7.52. The topological polar surface area (TPSA) is 92.5 Å². The Morgan fingerprint density at radius 2 is 2.10 bits per heavy atom. The van der Waals surface area contributed by atoms with E-state index in [9.17, 15) is 9.90 Å². The number of aromatic amines is 1. The Morgan fingerprint density at radius 1 is 1.23 bits per heavy atom. The third-order valence-electron chi connectivity index (χ3n) is 5.49. The molecule has 0 fully saturated rings. The van der Waals surface area contributed by atoms with E-state index in [1.165, 1.54) is 22.5 Å². The second kappa shape index (κ2) is 6.88. The number of H-pyrrole nitrogens is 1. The molecule has 0 radical (unpaired) electrons. The Bertz CT molecular complexity index is 1410. The molecule has 0 saturated heterocycles. The van der Waals surface area contributed by atoms with Gasteiger partial charge >= 0.3 is 12.0 Å². The van der Waals surface area contributed by atoms with Crippen LogP contribution in [0.2, 0.25) is 0 Å². The minimum atomic E-state index is -0.988. The fourth-order valence-corrected chi connectivity index (χ4v) is 3.82. The Morgan fingerprint density at radius 3 is 2.93 bits per heavy atom. The largest absolute Gasteiger partial charge is 0.478 e. The summed E-state index contributed by atoms with van der Waals surface area (Å²) in [5.41, 5.74) is 3.88. The fraction of sp³-hybridized carbons (Fsp3) is 0.174. The first-order chi connectivity index (χ1) is 14.5. The smallest absolute Gasteiger partial charge is 0.336 e. The third kappa shape index (κ3) is 3.14. The van der Waals surface area contributed by atoms with Gasteiger partial charge < -0.3 is 19.4 Å². The van der Waals surface area contributed by atoms with Crippen molar-refractivity contribution in [2.24, 2.45) is 12.0 Å². The van der Waals surface area contributed by atoms with Gasteiger partial charge in [-0.1, -0.05) is 12.1 Å². The van der Waals surface area contributed by atoms with E-state index in [2.05, 4.69) is 56.1 Å². The maximum Gasteiger partial charge on any atom is 0.336 e. The molecule has 7 heteroatoms. The molecule has 30 heavy (non-hydrogen) atoms. The van der Waals surface area contributed by atoms with E-state index in [1.54, 1.807) is 19.1 Å². The molecule has 1 aliphatic heterocycles. The molecule has 4 aromatic rings. The Balaban J connectivity index is 1.44. The number of nitrogens with zero attached hydrogens (tertiary/aromatic N) is 3. The number of aromatic nitrogens is 3. The summed E-state index contributed by atoms with van der Waals surface area (Å²) in [5.74, 6) is -0.429. The monoisotopic (exact) mass is 400 g/mol. The van der Waals surface area contributed by atoms with Crippen LogP contribution in [0, 0.1) is 6.92 Å². The first-order valence-corrected chi connectivity index (χ1v) is 9.67. The highest BCUT2D eigenvalue weighted by molar-refractivity contribution is 5.89. The van der Waals surface area contributed by atoms with E-state index in [4.69, 9.17) is 4.74 Å². The zero-order valence-electron chi connectivity index (χ0n) is 16.6. The van der Waals surface area contributed by atoms with Gasteiger partial charge in [0, 0.05) is 24.7 Å². The number of rotatable bonds is 4. The van der Waals surface area contributed by atoms with E-state index in [0.717, 1.165) is 5.35 Å². The number of fused-ring (bicyclic) bond motifs is 2. The van der Waals surface area contributed by atoms with E-state index in [-0.39, 0.29) is 11.5 Å². The molecule has 1 aliphatic rings. The summed E-state index contributed by atoms with van der Waals surface area (Å²) in [4.78, 5) is 23.5. The molecule has 1 unspecified atom stereocenters. The molecule has 0 aliphatic carbocycles. The van der Waals surface area contributed by atoms with Crippen molar-refractivity contribution >= 4 is 22.9 Å². The number of hydrogen-bond acceptors (Lipinski definition) is 4. The Kier molecular flexibility index (Phi) is 4.17. The van der Waals surface area contributed by atoms with Gasteiger partial charge in [-0.3, -0.25) is 4.99 Å². The van der Waals surface area contributed by atoms with Gasteiger partial charge in [0.25, 0.3) is 0 Å². The van der Waals surface area contributed by atoms with Gasteiger partial charge in [-0.05, 0) is 59.8 Å². The molecule has 0 bridgehead atoms. The summed E-state index contributed by atoms with van der Waals surface area (Å²) in [6.07, 6.45) is 4.17. The van der Waals surface area contributed by atoms with Crippen molar-refractivity contribution in [2.45, 2.75) is 12.8 Å². The number of ether oxygens (including phenoxy) is 1. The first kappa shape index (κ1) is 18.2. The highest BCUT2D eigenvalue weighted by atomic mass is 16.5. The zero-order chi connectivity index (χ0) is 20.8. The van der Waals surface area contributed by atoms with E-state index in [0.29, 0.717) is 29.4 Å². The van der Waals surface area contributed by atoms with Gasteiger partial charge in [0.15, 0.2) is 5.49 Å². The van der Waals surface area contributed by atoms with Crippen LogP contribution in [-0.4, -0.2) is 32.2 Å². The van der Waals surface area contributed by atoms with Gasteiger partial charge in [0.1, 0.15) is 5.75 Å². The van der Waals surface area contributed by atoms with Crippen molar-refractivity contribution in [2.75, 3.05) is 6.54 Å². The number of nitrogens with one attached hydrogen (secondary N) is 1. The third-order valence-corrected chi connectivity index (χ3v) is 5.49. The number of imidazole rings is 1. The minimum Gasteiger partial charge on any atom is -0.478 e. The average molecular weight is 400 g/mol. The molecule has 2 aromatic heterocycles. The van der Waals surface area contributed by atoms with Gasteiger partial charge in [-0.25, -0.2) is 4.79 Å². The highest BCUT2D eigenvalue weighted by Crippen LogP contribution is 2.25. The number of carbonyl (C=O) groups is 1. The molecular formula is C23H20N4O3. The highest BCUT2D eigenvalue weighted by Gasteiger charge is 2.16. The van der Waals surface area contributed by atoms with Crippen LogP contribution in [0.5, 0.6) is 11.8 Å². The van der Waals surface area contributed by atoms with Gasteiger partial charge in [0.2, 0.25) is 0 Å². The molecular weight excluding hydrogens is 380 g/mol. The predicted octanol–water partition coefficient (Wildman–Crippen LogP) is 2.90. The lowest BCUT2D eigenvalue weighted by Crippen LogP contribution is -2.30. The maximum absolute atomic E-state index is 11.3. The minimum absolute atomic E-state index is 0.147. The first-order valence-electron chi connectivity index (χ1n) is 9.67. The molecule has 0 spiro atoms. The molecule has 2 aromatic carbocycles. The van der Waals surface area contributed by atoms with E-state index >= 15 is 0 Å². The van der Waals surface area contributed by atoms with E-state index in [1.807, 2.05) is 7.05 Å². The number of aromatic carboxylic acids is 1. The van der Waals surface area contributed by atoms with E-state index < -0.39 is 5.97 Å². The molecule has 150 valence electrons. The molecule has 0 saturated carbocycles. The number of carboxylic acids is 1. The van der Waals surface area contributed by atoms with Crippen LogP contribution in [0.25, 0.3) is 17.0 Å². The van der Waals surface area contributed by atoms with Gasteiger partial charge in [-0.2, -0.15) is 4.98 Å². The van der Waals surface area contributed by atoms with Crippen molar-refractivity contribution in [3.8, 4) is 11.8 Å². The van der Waals surface area contributed by atoms with Crippen molar-refractivity contribution in [1.29, 1.82) is 0 Å². The van der Waals surface area contributed by atoms with Crippen LogP contribution >= 0.6 is 0 Å². The number of aryl methyl sites for hydroxylation is 2. The van der Waals surface area contributed by atoms with Crippen LogP contribution < -0.4 is 15.6 Å². The quantitative estimate of drug-likeness (QED) is 0.551. The summed E-state index contributed by atoms with van der Waals surface area (Å²) in [5, 5.41) is 11.3. The average Bonchev–Trinajstić information content (AvgIpc) is 3.31. The van der Waals surface area contributed by atoms with Crippen LogP contribution in [0.3, 0.4) is 0 Å². The lowest BCUT2D eigenvalue weighted by molar-refractivity contribution is 0.0695. The Hall–Kier alpha value is -3.87. The summed E-state index contributed by atoms with van der Waals surface area (Å²) in [7, 11) is 2.04. The van der Waals surface area contributed by atoms with Crippen molar-refractivity contribution < 1.29 is 14.6 Å². The maximum atomic E-state index is 11.3. The molecule has 5 rings (SSSR count). The van der Waals surface area contributed by atoms with Crippen molar-refractivity contribution in [1.82, 2.24) is 14.5 Å². The lowest BCUT2D eigenvalue weighted by Gasteiger charge is -2.12. The molecule has 1 atom stereocenters. The summed E-state index contributed by atoms with van der Waals surface area (Å²) in [6, 6.07) is 13.8. The zero-order valence-corrected chi connectivity index (χ0v) is 16.6. The van der Waals surface area contributed by atoms with Crippen LogP contribution in [0.1, 0.15) is 27.4 Å². The fourth-order valence-electron chi connectivity index (χ4n) is 3.82. The molecule has 2 N–H and O–H groups in total. The number of benzene rings is 2. The standard InChI is InChI=1S/C23H20N4O3/c1-13-3-5-17(11-18(13)22(28)29)30-23-25-19-10-16(12-24-21(19)26-23)14-4-6-20-15(9-14)7-8-27(20)2/h3-11,16H,12H2,1-2H3,(H,28,29)(H,24,25,26). The molecule has 0 amide bonds. The lowest BCUT2D eigenvalue weighted by atomic mass is 9.96. The normalized spacial score (nSPS) is 15.3. The SMILES string of the molecule is Cc1ccc(Oc2nc3c([nH]2)=CC(c2ccc4c(ccn4C)c2)CN=3)cc1C(=O)O. The predicted molar refractivity (Wildman–Crippen MR) is 113 cm³/mol. The van der Waals surface area contributed by atoms with Crippen molar-refractivity contribution in [3.05, 3.63) is 76.2 Å². The molecule has 3 heterocycles. The summed E-state index contributed by atoms with van der Waals surface area (Å²) in [6.45, 7) is 2.36. The molecule has 7 nitrogen and oxygen atoms in total. The van der Waals surface area contributed by atoms with Crippen LogP contribution in [-0.2, 0) is 7.05 Å². The Labute approximate surface area is 172 Å². The summed E-state index contributed by atoms with van der Waals surface area (Å²) < 4.78 is 7.87. The van der Waals surface area contributed by atoms with Crippen molar-refractivity contribution in [3.63, 3.8) is 0 Å². The van der Waals surface area contributed by atoms with Gasteiger partial charge in [-0.15, -0.1) is 0 Å². The summed E-state index contributed by atoms with van der Waals surface area (Å²) >= 11 is 0. The number of hydrogen-bond donors (Lipinski definition) is 2. The second-order valence-electron chi connectivity index (χ2n) is 7.52. The van der Waals surface area contributed by atoms with Crippen LogP contribution in [0.4, 0.5) is 0 Å². The number of carboxylic acid groups (broad SMARTS) is 1.